The monoisotopic (exact) mass is 291 g/mol. The zero-order valence-corrected chi connectivity index (χ0v) is 11.7. The Morgan fingerprint density at radius 2 is 1.95 bits per heavy atom. The molecule has 3 nitrogen and oxygen atoms in total. The van der Waals surface area contributed by atoms with Gasteiger partial charge in [0.05, 0.1) is 11.4 Å². The minimum Gasteiger partial charge on any atom is -0.396 e. The summed E-state index contributed by atoms with van der Waals surface area (Å²) in [5, 5.41) is 1.32. The highest BCUT2D eigenvalue weighted by atomic mass is 35.5. The van der Waals surface area contributed by atoms with Crippen molar-refractivity contribution in [1.82, 2.24) is 9.38 Å². The summed E-state index contributed by atoms with van der Waals surface area (Å²) >= 11 is 12.2. The molecule has 0 saturated heterocycles. The second-order valence-corrected chi connectivity index (χ2v) is 5.19. The van der Waals surface area contributed by atoms with Crippen LogP contribution in [0.25, 0.3) is 16.9 Å². The van der Waals surface area contributed by atoms with Gasteiger partial charge >= 0.3 is 0 Å². The quantitative estimate of drug-likeness (QED) is 0.683. The van der Waals surface area contributed by atoms with Crippen LogP contribution in [0.15, 0.2) is 36.5 Å². The van der Waals surface area contributed by atoms with Crippen molar-refractivity contribution in [3.8, 4) is 11.3 Å². The van der Waals surface area contributed by atoms with Crippen molar-refractivity contribution in [3.63, 3.8) is 0 Å². The van der Waals surface area contributed by atoms with Gasteiger partial charge in [0.1, 0.15) is 5.15 Å². The lowest BCUT2D eigenvalue weighted by molar-refractivity contribution is 1.19. The number of pyridine rings is 1. The average molecular weight is 292 g/mol. The normalized spacial score (nSPS) is 11.1. The molecule has 19 heavy (non-hydrogen) atoms. The Bertz CT molecular complexity index is 739. The summed E-state index contributed by atoms with van der Waals surface area (Å²) in [6.07, 6.45) is 1.87. The number of aryl methyl sites for hydroxylation is 1. The lowest BCUT2D eigenvalue weighted by atomic mass is 10.1. The smallest absolute Gasteiger partial charge is 0.161 e. The van der Waals surface area contributed by atoms with Crippen LogP contribution in [-0.4, -0.2) is 9.38 Å². The molecule has 0 amide bonds. The van der Waals surface area contributed by atoms with Gasteiger partial charge in [-0.2, -0.15) is 0 Å². The number of benzene rings is 1. The number of halogens is 2. The van der Waals surface area contributed by atoms with E-state index >= 15 is 0 Å². The van der Waals surface area contributed by atoms with E-state index in [9.17, 15) is 0 Å². The molecule has 0 saturated carbocycles. The predicted molar refractivity (Wildman–Crippen MR) is 79.8 cm³/mol. The van der Waals surface area contributed by atoms with Crippen molar-refractivity contribution in [2.75, 3.05) is 5.73 Å². The Morgan fingerprint density at radius 1 is 1.16 bits per heavy atom. The van der Waals surface area contributed by atoms with Crippen LogP contribution < -0.4 is 5.73 Å². The molecule has 2 N–H and O–H groups in total. The number of nitrogens with two attached hydrogens (primary N) is 1. The zero-order chi connectivity index (χ0) is 13.6. The molecule has 1 aromatic carbocycles. The van der Waals surface area contributed by atoms with Gasteiger partial charge in [-0.1, -0.05) is 29.3 Å². The van der Waals surface area contributed by atoms with Crippen LogP contribution in [-0.2, 0) is 0 Å². The summed E-state index contributed by atoms with van der Waals surface area (Å²) in [5.74, 6) is 0. The molecule has 5 heteroatoms. The van der Waals surface area contributed by atoms with E-state index < -0.39 is 0 Å². The maximum atomic E-state index is 6.13. The molecule has 3 aromatic rings. The molecule has 0 aliphatic carbocycles. The van der Waals surface area contributed by atoms with Crippen molar-refractivity contribution >= 4 is 34.5 Å². The molecule has 0 atom stereocenters. The van der Waals surface area contributed by atoms with Gasteiger partial charge in [-0.25, -0.2) is 4.98 Å². The highest BCUT2D eigenvalue weighted by Crippen LogP contribution is 2.27. The fourth-order valence-electron chi connectivity index (χ4n) is 2.00. The molecule has 2 heterocycles. The second kappa shape index (κ2) is 4.44. The average Bonchev–Trinajstić information content (AvgIpc) is 2.83. The SMILES string of the molecule is Cc1cc(-c2cn3c(Cl)ccc(N)c3n2)ccc1Cl. The van der Waals surface area contributed by atoms with Gasteiger partial charge in [0.15, 0.2) is 5.65 Å². The number of hydrogen-bond donors (Lipinski definition) is 1. The van der Waals surface area contributed by atoms with Gasteiger partial charge in [-0.3, -0.25) is 4.40 Å². The van der Waals surface area contributed by atoms with Crippen molar-refractivity contribution in [1.29, 1.82) is 0 Å². The van der Waals surface area contributed by atoms with Gasteiger partial charge < -0.3 is 5.73 Å². The van der Waals surface area contributed by atoms with E-state index in [4.69, 9.17) is 28.9 Å². The molecule has 0 aliphatic rings. The van der Waals surface area contributed by atoms with Crippen molar-refractivity contribution in [2.45, 2.75) is 6.92 Å². The summed E-state index contributed by atoms with van der Waals surface area (Å²) in [7, 11) is 0. The first-order chi connectivity index (χ1) is 9.06. The molecular formula is C14H11Cl2N3. The van der Waals surface area contributed by atoms with E-state index in [1.165, 1.54) is 0 Å². The molecule has 96 valence electrons. The first kappa shape index (κ1) is 12.3. The lowest BCUT2D eigenvalue weighted by Crippen LogP contribution is -1.92. The molecular weight excluding hydrogens is 281 g/mol. The molecule has 2 aromatic heterocycles. The number of nitrogen functional groups attached to an aromatic ring is 1. The third-order valence-corrected chi connectivity index (χ3v) is 3.78. The van der Waals surface area contributed by atoms with E-state index in [-0.39, 0.29) is 0 Å². The van der Waals surface area contributed by atoms with Crippen LogP contribution in [0.3, 0.4) is 0 Å². The van der Waals surface area contributed by atoms with E-state index in [1.54, 1.807) is 16.5 Å². The molecule has 0 unspecified atom stereocenters. The number of imidazole rings is 1. The first-order valence-electron chi connectivity index (χ1n) is 5.76. The molecule has 0 spiro atoms. The summed E-state index contributed by atoms with van der Waals surface area (Å²) in [6, 6.07) is 9.29. The van der Waals surface area contributed by atoms with E-state index in [0.717, 1.165) is 21.8 Å². The Balaban J connectivity index is 2.23. The lowest BCUT2D eigenvalue weighted by Gasteiger charge is -2.00. The number of anilines is 1. The van der Waals surface area contributed by atoms with E-state index in [0.29, 0.717) is 16.5 Å². The van der Waals surface area contributed by atoms with Crippen LogP contribution in [0.5, 0.6) is 0 Å². The van der Waals surface area contributed by atoms with Crippen molar-refractivity contribution in [2.24, 2.45) is 0 Å². The van der Waals surface area contributed by atoms with Crippen LogP contribution in [0, 0.1) is 6.92 Å². The molecule has 0 radical (unpaired) electrons. The van der Waals surface area contributed by atoms with Gasteiger partial charge in [0, 0.05) is 16.8 Å². The largest absolute Gasteiger partial charge is 0.396 e. The highest BCUT2D eigenvalue weighted by molar-refractivity contribution is 6.31. The van der Waals surface area contributed by atoms with Gasteiger partial charge in [-0.05, 0) is 36.8 Å². The summed E-state index contributed by atoms with van der Waals surface area (Å²) in [4.78, 5) is 4.52. The summed E-state index contributed by atoms with van der Waals surface area (Å²) < 4.78 is 1.77. The van der Waals surface area contributed by atoms with Gasteiger partial charge in [-0.15, -0.1) is 0 Å². The maximum absolute atomic E-state index is 6.13. The van der Waals surface area contributed by atoms with Crippen molar-refractivity contribution < 1.29 is 0 Å². The molecule has 3 rings (SSSR count). The Morgan fingerprint density at radius 3 is 2.63 bits per heavy atom. The predicted octanol–water partition coefficient (Wildman–Crippen LogP) is 4.20. The fourth-order valence-corrected chi connectivity index (χ4v) is 2.31. The third kappa shape index (κ3) is 2.05. The standard InChI is InChI=1S/C14H11Cl2N3/c1-8-6-9(2-3-10(8)15)12-7-19-13(16)5-4-11(17)14(19)18-12/h2-7H,17H2,1H3. The Labute approximate surface area is 120 Å². The zero-order valence-electron chi connectivity index (χ0n) is 10.2. The fraction of sp³-hybridized carbons (Fsp3) is 0.0714. The van der Waals surface area contributed by atoms with Crippen LogP contribution >= 0.6 is 23.2 Å². The minimum absolute atomic E-state index is 0.577. The van der Waals surface area contributed by atoms with Crippen molar-refractivity contribution in [3.05, 3.63) is 52.3 Å². The van der Waals surface area contributed by atoms with E-state index in [2.05, 4.69) is 4.98 Å². The second-order valence-electron chi connectivity index (χ2n) is 4.40. The molecule has 0 fully saturated rings. The van der Waals surface area contributed by atoms with Gasteiger partial charge in [0.2, 0.25) is 0 Å². The highest BCUT2D eigenvalue weighted by Gasteiger charge is 2.09. The minimum atomic E-state index is 0.577. The van der Waals surface area contributed by atoms with Crippen LogP contribution in [0.2, 0.25) is 10.2 Å². The number of aromatic nitrogens is 2. The number of nitrogens with zero attached hydrogens (tertiary/aromatic N) is 2. The maximum Gasteiger partial charge on any atom is 0.161 e. The molecule has 0 aliphatic heterocycles. The van der Waals surface area contributed by atoms with Gasteiger partial charge in [0.25, 0.3) is 0 Å². The first-order valence-corrected chi connectivity index (χ1v) is 6.51. The number of rotatable bonds is 1. The number of fused-ring (bicyclic) bond motifs is 1. The Kier molecular flexibility index (Phi) is 2.88. The topological polar surface area (TPSA) is 43.3 Å². The number of hydrogen-bond acceptors (Lipinski definition) is 2. The summed E-state index contributed by atoms with van der Waals surface area (Å²) in [6.45, 7) is 1.96. The third-order valence-electron chi connectivity index (χ3n) is 3.05. The summed E-state index contributed by atoms with van der Waals surface area (Å²) in [5.41, 5.74) is 9.98. The van der Waals surface area contributed by atoms with E-state index in [1.807, 2.05) is 31.3 Å². The van der Waals surface area contributed by atoms with Crippen LogP contribution in [0.1, 0.15) is 5.56 Å². The Hall–Kier alpha value is -1.71. The molecule has 0 bridgehead atoms. The van der Waals surface area contributed by atoms with Crippen LogP contribution in [0.4, 0.5) is 5.69 Å².